The third-order valence-electron chi connectivity index (χ3n) is 3.68. The minimum absolute atomic E-state index is 0.0588. The van der Waals surface area contributed by atoms with Crippen molar-refractivity contribution in [2.75, 3.05) is 23.5 Å². The highest BCUT2D eigenvalue weighted by atomic mass is 19.1. The van der Waals surface area contributed by atoms with Crippen molar-refractivity contribution in [2.24, 2.45) is 0 Å². The Kier molecular flexibility index (Phi) is 5.12. The number of hydrogen-bond acceptors (Lipinski definition) is 6. The number of aromatic nitrogens is 2. The molecule has 0 saturated carbocycles. The topological polar surface area (TPSA) is 85.1 Å². The second-order valence-electron chi connectivity index (χ2n) is 5.44. The molecule has 6 nitrogen and oxygen atoms in total. The van der Waals surface area contributed by atoms with E-state index < -0.39 is 11.6 Å². The molecule has 0 atom stereocenters. The van der Waals surface area contributed by atoms with Crippen LogP contribution in [0.3, 0.4) is 0 Å². The number of ether oxygens (including phenoxy) is 1. The first kappa shape index (κ1) is 17.4. The number of nitrogens with two attached hydrogens (primary N) is 1. The number of rotatable bonds is 6. The Balaban J connectivity index is 1.75. The standard InChI is InChI=1S/C18H17F2N5O/c1-26-13-5-2-11(3-6-13)9-22-17-16(21)18(24-10-23-17)25-15-8-12(19)4-7-14(15)20/h2-8,10H,9,21H2,1H3,(H2,22,23,24,25). The molecule has 0 aliphatic rings. The number of nitrogens with zero attached hydrogens (tertiary/aromatic N) is 2. The van der Waals surface area contributed by atoms with Crippen LogP contribution in [0.25, 0.3) is 0 Å². The van der Waals surface area contributed by atoms with Gasteiger partial charge < -0.3 is 21.1 Å². The van der Waals surface area contributed by atoms with Crippen LogP contribution in [0.4, 0.5) is 31.8 Å². The van der Waals surface area contributed by atoms with Gasteiger partial charge in [-0.2, -0.15) is 0 Å². The third kappa shape index (κ3) is 3.97. The number of halogens is 2. The van der Waals surface area contributed by atoms with Gasteiger partial charge in [-0.25, -0.2) is 18.7 Å². The van der Waals surface area contributed by atoms with E-state index in [1.165, 1.54) is 6.33 Å². The van der Waals surface area contributed by atoms with Gasteiger partial charge in [-0.05, 0) is 29.8 Å². The van der Waals surface area contributed by atoms with Crippen LogP contribution in [0, 0.1) is 11.6 Å². The van der Waals surface area contributed by atoms with Crippen LogP contribution in [-0.2, 0) is 6.54 Å². The van der Waals surface area contributed by atoms with Crippen molar-refractivity contribution in [2.45, 2.75) is 6.54 Å². The Morgan fingerprint density at radius 3 is 2.50 bits per heavy atom. The van der Waals surface area contributed by atoms with Gasteiger partial charge in [0.05, 0.1) is 12.8 Å². The molecule has 0 unspecified atom stereocenters. The van der Waals surface area contributed by atoms with Gasteiger partial charge in [-0.1, -0.05) is 12.1 Å². The van der Waals surface area contributed by atoms with Crippen molar-refractivity contribution >= 4 is 23.0 Å². The Morgan fingerprint density at radius 1 is 1.04 bits per heavy atom. The highest BCUT2D eigenvalue weighted by Crippen LogP contribution is 2.27. The molecule has 134 valence electrons. The SMILES string of the molecule is COc1ccc(CNc2ncnc(Nc3cc(F)ccc3F)c2N)cc1. The molecule has 1 aromatic heterocycles. The van der Waals surface area contributed by atoms with Crippen LogP contribution in [0.5, 0.6) is 5.75 Å². The monoisotopic (exact) mass is 357 g/mol. The molecule has 2 aromatic carbocycles. The van der Waals surface area contributed by atoms with Crippen LogP contribution in [-0.4, -0.2) is 17.1 Å². The highest BCUT2D eigenvalue weighted by molar-refractivity contribution is 5.77. The van der Waals surface area contributed by atoms with Crippen molar-refractivity contribution in [1.82, 2.24) is 9.97 Å². The largest absolute Gasteiger partial charge is 0.497 e. The number of anilines is 4. The van der Waals surface area contributed by atoms with Gasteiger partial charge in [-0.3, -0.25) is 0 Å². The van der Waals surface area contributed by atoms with Crippen molar-refractivity contribution in [1.29, 1.82) is 0 Å². The lowest BCUT2D eigenvalue weighted by atomic mass is 10.2. The molecule has 0 saturated heterocycles. The third-order valence-corrected chi connectivity index (χ3v) is 3.68. The summed E-state index contributed by atoms with van der Waals surface area (Å²) in [5, 5.41) is 5.78. The lowest BCUT2D eigenvalue weighted by molar-refractivity contribution is 0.414. The first-order chi connectivity index (χ1) is 12.6. The quantitative estimate of drug-likeness (QED) is 0.624. The van der Waals surface area contributed by atoms with Crippen LogP contribution >= 0.6 is 0 Å². The Labute approximate surface area is 149 Å². The van der Waals surface area contributed by atoms with Gasteiger partial charge in [-0.15, -0.1) is 0 Å². The van der Waals surface area contributed by atoms with Crippen LogP contribution in [0.2, 0.25) is 0 Å². The van der Waals surface area contributed by atoms with Crippen molar-refractivity contribution in [3.63, 3.8) is 0 Å². The molecule has 3 aromatic rings. The average Bonchev–Trinajstić information content (AvgIpc) is 2.66. The van der Waals surface area contributed by atoms with Crippen molar-refractivity contribution in [3.05, 3.63) is 66.0 Å². The summed E-state index contributed by atoms with van der Waals surface area (Å²) in [5.41, 5.74) is 7.18. The van der Waals surface area contributed by atoms with Crippen LogP contribution in [0.1, 0.15) is 5.56 Å². The molecule has 1 heterocycles. The smallest absolute Gasteiger partial charge is 0.159 e. The number of methoxy groups -OCH3 is 1. The van der Waals surface area contributed by atoms with Gasteiger partial charge in [0.25, 0.3) is 0 Å². The van der Waals surface area contributed by atoms with Gasteiger partial charge >= 0.3 is 0 Å². The highest BCUT2D eigenvalue weighted by Gasteiger charge is 2.11. The Hall–Kier alpha value is -3.42. The molecular weight excluding hydrogens is 340 g/mol. The number of hydrogen-bond donors (Lipinski definition) is 3. The van der Waals surface area contributed by atoms with Gasteiger partial charge in [0.1, 0.15) is 29.4 Å². The number of nitrogens with one attached hydrogen (secondary N) is 2. The average molecular weight is 357 g/mol. The first-order valence-corrected chi connectivity index (χ1v) is 7.76. The molecule has 4 N–H and O–H groups in total. The van der Waals surface area contributed by atoms with Gasteiger partial charge in [0.2, 0.25) is 0 Å². The van der Waals surface area contributed by atoms with Crippen LogP contribution < -0.4 is 21.1 Å². The first-order valence-electron chi connectivity index (χ1n) is 7.76. The summed E-state index contributed by atoms with van der Waals surface area (Å²) in [7, 11) is 1.60. The fourth-order valence-electron chi connectivity index (χ4n) is 2.29. The van der Waals surface area contributed by atoms with E-state index in [9.17, 15) is 8.78 Å². The molecule has 0 fully saturated rings. The second kappa shape index (κ2) is 7.64. The predicted molar refractivity (Wildman–Crippen MR) is 96.4 cm³/mol. The summed E-state index contributed by atoms with van der Waals surface area (Å²) >= 11 is 0. The van der Waals surface area contributed by atoms with E-state index in [4.69, 9.17) is 10.5 Å². The zero-order chi connectivity index (χ0) is 18.5. The minimum Gasteiger partial charge on any atom is -0.497 e. The molecule has 3 rings (SSSR count). The van der Waals surface area contributed by atoms with Crippen molar-refractivity contribution < 1.29 is 13.5 Å². The Morgan fingerprint density at radius 2 is 1.77 bits per heavy atom. The molecule has 0 bridgehead atoms. The zero-order valence-electron chi connectivity index (χ0n) is 14.0. The van der Waals surface area contributed by atoms with E-state index in [0.717, 1.165) is 29.5 Å². The fourth-order valence-corrected chi connectivity index (χ4v) is 2.29. The molecule has 0 radical (unpaired) electrons. The fraction of sp³-hybridized carbons (Fsp3) is 0.111. The molecule has 0 spiro atoms. The lowest BCUT2D eigenvalue weighted by Gasteiger charge is -2.13. The maximum absolute atomic E-state index is 13.8. The lowest BCUT2D eigenvalue weighted by Crippen LogP contribution is -2.08. The van der Waals surface area contributed by atoms with Gasteiger partial charge in [0, 0.05) is 12.6 Å². The summed E-state index contributed by atoms with van der Waals surface area (Å²) < 4.78 is 32.2. The molecule has 0 amide bonds. The van der Waals surface area contributed by atoms with Crippen molar-refractivity contribution in [3.8, 4) is 5.75 Å². The summed E-state index contributed by atoms with van der Waals surface area (Å²) in [4.78, 5) is 8.08. The van der Waals surface area contributed by atoms with Crippen LogP contribution in [0.15, 0.2) is 48.8 Å². The molecule has 0 aliphatic carbocycles. The summed E-state index contributed by atoms with van der Waals surface area (Å²) in [5.74, 6) is 0.146. The number of benzene rings is 2. The summed E-state index contributed by atoms with van der Waals surface area (Å²) in [6.45, 7) is 0.471. The zero-order valence-corrected chi connectivity index (χ0v) is 14.0. The maximum Gasteiger partial charge on any atom is 0.159 e. The summed E-state index contributed by atoms with van der Waals surface area (Å²) in [6.07, 6.45) is 1.28. The maximum atomic E-state index is 13.8. The minimum atomic E-state index is -0.614. The summed E-state index contributed by atoms with van der Waals surface area (Å²) in [6, 6.07) is 10.6. The van der Waals surface area contributed by atoms with E-state index in [2.05, 4.69) is 20.6 Å². The Bertz CT molecular complexity index is 903. The van der Waals surface area contributed by atoms with Gasteiger partial charge in [0.15, 0.2) is 11.6 Å². The number of nitrogen functional groups attached to an aromatic ring is 1. The van der Waals surface area contributed by atoms with E-state index in [-0.39, 0.29) is 17.2 Å². The molecule has 26 heavy (non-hydrogen) atoms. The van der Waals surface area contributed by atoms with E-state index in [1.54, 1.807) is 7.11 Å². The predicted octanol–water partition coefficient (Wildman–Crippen LogP) is 3.70. The molecule has 0 aliphatic heterocycles. The van der Waals surface area contributed by atoms with E-state index >= 15 is 0 Å². The second-order valence-corrected chi connectivity index (χ2v) is 5.44. The molecular formula is C18H17F2N5O. The normalized spacial score (nSPS) is 10.4. The molecule has 8 heteroatoms. The van der Waals surface area contributed by atoms with E-state index in [0.29, 0.717) is 12.4 Å². The van der Waals surface area contributed by atoms with E-state index in [1.807, 2.05) is 24.3 Å².